The molecule has 0 aliphatic rings. The van der Waals surface area contributed by atoms with Crippen molar-refractivity contribution in [3.05, 3.63) is 68.1 Å². The minimum absolute atomic E-state index is 0.342. The van der Waals surface area contributed by atoms with Crippen LogP contribution in [0.3, 0.4) is 0 Å². The molecule has 0 radical (unpaired) electrons. The van der Waals surface area contributed by atoms with Gasteiger partial charge in [-0.25, -0.2) is 8.78 Å². The second-order valence-electron chi connectivity index (χ2n) is 4.04. The summed E-state index contributed by atoms with van der Waals surface area (Å²) in [5.74, 6) is -0.710. The van der Waals surface area contributed by atoms with Crippen molar-refractivity contribution >= 4 is 31.9 Å². The van der Waals surface area contributed by atoms with Gasteiger partial charge < -0.3 is 5.32 Å². The van der Waals surface area contributed by atoms with Crippen LogP contribution >= 0.6 is 31.9 Å². The first kappa shape index (κ1) is 14.6. The van der Waals surface area contributed by atoms with Crippen LogP contribution in [0, 0.1) is 11.6 Å². The molecule has 0 aromatic heterocycles. The fraction of sp³-hybridized carbons (Fsp3) is 0.143. The van der Waals surface area contributed by atoms with Crippen LogP contribution in [0.1, 0.15) is 17.2 Å². The number of nitrogens with one attached hydrogen (secondary N) is 1. The summed E-state index contributed by atoms with van der Waals surface area (Å²) in [4.78, 5) is 0. The van der Waals surface area contributed by atoms with Crippen molar-refractivity contribution in [2.45, 2.75) is 6.04 Å². The normalized spacial score (nSPS) is 12.5. The average molecular weight is 391 g/mol. The number of hydrogen-bond donors (Lipinski definition) is 1. The SMILES string of the molecule is CNC(c1ccc(Br)c(F)c1)c1cccc(Br)c1F. The van der Waals surface area contributed by atoms with Gasteiger partial charge in [-0.05, 0) is 62.7 Å². The monoisotopic (exact) mass is 389 g/mol. The first-order valence-corrected chi connectivity index (χ1v) is 7.19. The Balaban J connectivity index is 2.50. The first-order chi connectivity index (χ1) is 9.04. The molecule has 0 aliphatic heterocycles. The Bertz CT molecular complexity index is 602. The molecule has 2 aromatic carbocycles. The molecule has 1 unspecified atom stereocenters. The van der Waals surface area contributed by atoms with E-state index < -0.39 is 6.04 Å². The van der Waals surface area contributed by atoms with Gasteiger partial charge >= 0.3 is 0 Å². The van der Waals surface area contributed by atoms with Gasteiger partial charge in [-0.3, -0.25) is 0 Å². The van der Waals surface area contributed by atoms with Crippen LogP contribution in [-0.4, -0.2) is 7.05 Å². The minimum atomic E-state index is -0.403. The van der Waals surface area contributed by atoms with Crippen molar-refractivity contribution in [2.75, 3.05) is 7.05 Å². The maximum absolute atomic E-state index is 14.1. The van der Waals surface area contributed by atoms with Gasteiger partial charge in [0.25, 0.3) is 0 Å². The molecule has 1 nitrogen and oxygen atoms in total. The summed E-state index contributed by atoms with van der Waals surface area (Å²) in [7, 11) is 1.71. The molecule has 2 aromatic rings. The highest BCUT2D eigenvalue weighted by molar-refractivity contribution is 9.10. The Kier molecular flexibility index (Phi) is 4.71. The maximum Gasteiger partial charge on any atom is 0.142 e. The van der Waals surface area contributed by atoms with E-state index in [1.165, 1.54) is 6.07 Å². The Labute approximate surface area is 127 Å². The smallest absolute Gasteiger partial charge is 0.142 e. The molecule has 0 saturated carbocycles. The van der Waals surface area contributed by atoms with Crippen molar-refractivity contribution < 1.29 is 8.78 Å². The lowest BCUT2D eigenvalue weighted by Crippen LogP contribution is -2.19. The Morgan fingerprint density at radius 2 is 1.79 bits per heavy atom. The Hall–Kier alpha value is -0.780. The second-order valence-corrected chi connectivity index (χ2v) is 5.75. The van der Waals surface area contributed by atoms with Crippen LogP contribution in [0.2, 0.25) is 0 Å². The fourth-order valence-corrected chi connectivity index (χ4v) is 2.57. The van der Waals surface area contributed by atoms with E-state index in [0.717, 1.165) is 0 Å². The summed E-state index contributed by atoms with van der Waals surface area (Å²) in [6.07, 6.45) is 0. The zero-order valence-corrected chi connectivity index (χ0v) is 13.2. The lowest BCUT2D eigenvalue weighted by molar-refractivity contribution is 0.566. The zero-order chi connectivity index (χ0) is 14.0. The summed E-state index contributed by atoms with van der Waals surface area (Å²) >= 11 is 6.26. The standard InChI is InChI=1S/C14H11Br2F2N/c1-19-14(8-5-6-10(15)12(17)7-8)9-3-2-4-11(16)13(9)18/h2-7,14,19H,1H3. The van der Waals surface area contributed by atoms with E-state index in [2.05, 4.69) is 37.2 Å². The predicted molar refractivity (Wildman–Crippen MR) is 79.1 cm³/mol. The number of hydrogen-bond acceptors (Lipinski definition) is 1. The number of benzene rings is 2. The predicted octanol–water partition coefficient (Wildman–Crippen LogP) is 4.80. The van der Waals surface area contributed by atoms with E-state index in [9.17, 15) is 8.78 Å². The van der Waals surface area contributed by atoms with E-state index in [4.69, 9.17) is 0 Å². The minimum Gasteiger partial charge on any atom is -0.309 e. The van der Waals surface area contributed by atoms with Gasteiger partial charge in [0.1, 0.15) is 11.6 Å². The molecule has 0 heterocycles. The summed E-state index contributed by atoms with van der Waals surface area (Å²) in [5, 5.41) is 3.01. The van der Waals surface area contributed by atoms with Crippen molar-refractivity contribution in [1.29, 1.82) is 0 Å². The molecule has 0 saturated heterocycles. The molecule has 0 spiro atoms. The largest absolute Gasteiger partial charge is 0.309 e. The van der Waals surface area contributed by atoms with Crippen LogP contribution in [-0.2, 0) is 0 Å². The van der Waals surface area contributed by atoms with E-state index in [0.29, 0.717) is 20.1 Å². The molecular formula is C14H11Br2F2N. The molecule has 0 fully saturated rings. The van der Waals surface area contributed by atoms with Gasteiger partial charge in [-0.2, -0.15) is 0 Å². The van der Waals surface area contributed by atoms with Gasteiger partial charge in [0.15, 0.2) is 0 Å². The summed E-state index contributed by atoms with van der Waals surface area (Å²) in [5.41, 5.74) is 1.14. The van der Waals surface area contributed by atoms with Gasteiger partial charge in [0, 0.05) is 5.56 Å². The summed E-state index contributed by atoms with van der Waals surface area (Å²) in [6, 6.07) is 9.43. The number of halogens is 4. The van der Waals surface area contributed by atoms with E-state index >= 15 is 0 Å². The van der Waals surface area contributed by atoms with Gasteiger partial charge in [0.2, 0.25) is 0 Å². The lowest BCUT2D eigenvalue weighted by atomic mass is 9.98. The fourth-order valence-electron chi connectivity index (χ4n) is 1.94. The van der Waals surface area contributed by atoms with Crippen LogP contribution in [0.5, 0.6) is 0 Å². The molecule has 0 amide bonds. The van der Waals surface area contributed by atoms with E-state index in [1.54, 1.807) is 37.4 Å². The third-order valence-corrected chi connectivity index (χ3v) is 4.11. The Morgan fingerprint density at radius 3 is 2.42 bits per heavy atom. The van der Waals surface area contributed by atoms with E-state index in [-0.39, 0.29) is 11.6 Å². The highest BCUT2D eigenvalue weighted by Crippen LogP contribution is 2.29. The molecule has 100 valence electrons. The summed E-state index contributed by atoms with van der Waals surface area (Å²) < 4.78 is 28.5. The van der Waals surface area contributed by atoms with Gasteiger partial charge in [0.05, 0.1) is 15.0 Å². The van der Waals surface area contributed by atoms with Crippen LogP contribution in [0.15, 0.2) is 45.3 Å². The molecule has 0 bridgehead atoms. The van der Waals surface area contributed by atoms with Crippen molar-refractivity contribution in [1.82, 2.24) is 5.32 Å². The molecule has 19 heavy (non-hydrogen) atoms. The van der Waals surface area contributed by atoms with Crippen LogP contribution in [0.4, 0.5) is 8.78 Å². The Morgan fingerprint density at radius 1 is 1.05 bits per heavy atom. The lowest BCUT2D eigenvalue weighted by Gasteiger charge is -2.18. The molecule has 0 aliphatic carbocycles. The van der Waals surface area contributed by atoms with Crippen molar-refractivity contribution in [3.63, 3.8) is 0 Å². The topological polar surface area (TPSA) is 12.0 Å². The van der Waals surface area contributed by atoms with Gasteiger partial charge in [-0.1, -0.05) is 18.2 Å². The number of rotatable bonds is 3. The molecule has 5 heteroatoms. The highest BCUT2D eigenvalue weighted by Gasteiger charge is 2.18. The second kappa shape index (κ2) is 6.11. The van der Waals surface area contributed by atoms with Crippen molar-refractivity contribution in [3.8, 4) is 0 Å². The quantitative estimate of drug-likeness (QED) is 0.793. The zero-order valence-electron chi connectivity index (χ0n) is 10.1. The third-order valence-electron chi connectivity index (χ3n) is 2.86. The molecular weight excluding hydrogens is 380 g/mol. The molecule has 2 rings (SSSR count). The first-order valence-electron chi connectivity index (χ1n) is 5.60. The highest BCUT2D eigenvalue weighted by atomic mass is 79.9. The third kappa shape index (κ3) is 3.04. The molecule has 1 atom stereocenters. The summed E-state index contributed by atoms with van der Waals surface area (Å²) in [6.45, 7) is 0. The van der Waals surface area contributed by atoms with Crippen LogP contribution in [0.25, 0.3) is 0 Å². The maximum atomic E-state index is 14.1. The average Bonchev–Trinajstić information content (AvgIpc) is 2.39. The van der Waals surface area contributed by atoms with Crippen LogP contribution < -0.4 is 5.32 Å². The van der Waals surface area contributed by atoms with Crippen molar-refractivity contribution in [2.24, 2.45) is 0 Å². The van der Waals surface area contributed by atoms with Gasteiger partial charge in [-0.15, -0.1) is 0 Å². The van der Waals surface area contributed by atoms with E-state index in [1.807, 2.05) is 0 Å². The molecule has 1 N–H and O–H groups in total.